The van der Waals surface area contributed by atoms with Gasteiger partial charge in [0.2, 0.25) is 0 Å². The molecule has 0 heterocycles. The van der Waals surface area contributed by atoms with Gasteiger partial charge in [-0.25, -0.2) is 0 Å². The summed E-state index contributed by atoms with van der Waals surface area (Å²) in [4.78, 5) is 22.0. The summed E-state index contributed by atoms with van der Waals surface area (Å²) in [5, 5.41) is 0. The van der Waals surface area contributed by atoms with Crippen LogP contribution in [-0.2, 0) is 14.3 Å². The van der Waals surface area contributed by atoms with E-state index in [4.69, 9.17) is 0 Å². The van der Waals surface area contributed by atoms with Crippen molar-refractivity contribution in [3.63, 3.8) is 0 Å². The molecule has 0 aromatic carbocycles. The van der Waals surface area contributed by atoms with Crippen LogP contribution >= 0.6 is 0 Å². The van der Waals surface area contributed by atoms with Crippen molar-refractivity contribution in [3.05, 3.63) is 0 Å². The van der Waals surface area contributed by atoms with Crippen molar-refractivity contribution < 1.29 is 14.3 Å². The van der Waals surface area contributed by atoms with E-state index in [2.05, 4.69) is 18.6 Å². The minimum absolute atomic E-state index is 0.0445. The van der Waals surface area contributed by atoms with Crippen molar-refractivity contribution >= 4 is 11.8 Å². The van der Waals surface area contributed by atoms with E-state index in [9.17, 15) is 9.59 Å². The Labute approximate surface area is 85.8 Å². The average molecular weight is 200 g/mol. The van der Waals surface area contributed by atoms with Crippen LogP contribution in [0.15, 0.2) is 0 Å². The van der Waals surface area contributed by atoms with Crippen LogP contribution in [0.2, 0.25) is 0 Å². The lowest BCUT2D eigenvalue weighted by Gasteiger charge is -2.17. The number of Topliss-reactive ketones (excluding diaryl/α,β-unsaturated/α-hetero) is 1. The van der Waals surface area contributed by atoms with Gasteiger partial charge < -0.3 is 4.74 Å². The number of ketones is 1. The van der Waals surface area contributed by atoms with Gasteiger partial charge in [-0.15, -0.1) is 0 Å². The predicted octanol–water partition coefficient (Wildman–Crippen LogP) is 2.33. The van der Waals surface area contributed by atoms with E-state index in [1.165, 1.54) is 13.5 Å². The molecular weight excluding hydrogens is 180 g/mol. The summed E-state index contributed by atoms with van der Waals surface area (Å²) in [6.45, 7) is 4.25. The molecule has 1 atom stereocenters. The van der Waals surface area contributed by atoms with E-state index in [0.717, 1.165) is 12.8 Å². The first-order chi connectivity index (χ1) is 6.67. The molecule has 0 spiro atoms. The molecule has 1 aliphatic carbocycles. The fourth-order valence-corrected chi connectivity index (χ4v) is 1.37. The summed E-state index contributed by atoms with van der Waals surface area (Å²) in [5.74, 6) is -0.786. The summed E-state index contributed by atoms with van der Waals surface area (Å²) in [7, 11) is 1.32. The van der Waals surface area contributed by atoms with Crippen LogP contribution < -0.4 is 0 Å². The molecule has 0 aromatic heterocycles. The highest BCUT2D eigenvalue weighted by atomic mass is 16.5. The number of hydrogen-bond donors (Lipinski definition) is 0. The topological polar surface area (TPSA) is 43.4 Å². The van der Waals surface area contributed by atoms with E-state index < -0.39 is 5.92 Å². The molecular formula is C11H20O3. The number of carbonyl (C=O) groups is 2. The second-order valence-electron chi connectivity index (χ2n) is 3.49. The Bertz CT molecular complexity index is 179. The Morgan fingerprint density at radius 2 is 2.00 bits per heavy atom. The molecule has 82 valence electrons. The Kier molecular flexibility index (Phi) is 7.07. The first-order valence-corrected chi connectivity index (χ1v) is 5.27. The zero-order chi connectivity index (χ0) is 11.0. The van der Waals surface area contributed by atoms with Crippen molar-refractivity contribution in [1.82, 2.24) is 0 Å². The molecule has 0 bridgehead atoms. The van der Waals surface area contributed by atoms with Gasteiger partial charge in [-0.3, -0.25) is 9.59 Å². The third kappa shape index (κ3) is 4.40. The van der Waals surface area contributed by atoms with Crippen LogP contribution in [0.1, 0.15) is 46.0 Å². The Hall–Kier alpha value is -0.860. The zero-order valence-electron chi connectivity index (χ0n) is 9.34. The van der Waals surface area contributed by atoms with Gasteiger partial charge in [0.25, 0.3) is 0 Å². The molecule has 0 aromatic rings. The first kappa shape index (κ1) is 13.1. The number of hydrogen-bond acceptors (Lipinski definition) is 3. The van der Waals surface area contributed by atoms with Crippen LogP contribution in [0.3, 0.4) is 0 Å². The highest BCUT2D eigenvalue weighted by Crippen LogP contribution is 2.21. The summed E-state index contributed by atoms with van der Waals surface area (Å²) < 4.78 is 4.50. The number of carbonyl (C=O) groups excluding carboxylic acids is 2. The number of esters is 1. The molecule has 0 saturated heterocycles. The molecule has 0 N–H and O–H groups in total. The number of ether oxygens (including phenoxy) is 1. The standard InChI is InChI=1S/C8H12O3.C3H8/c1-11-8(10)6-4-2-3-5-7(6)9;1-3-2/h6H,2-5H2,1H3;3H2,1-2H3. The van der Waals surface area contributed by atoms with Crippen molar-refractivity contribution in [2.24, 2.45) is 5.92 Å². The van der Waals surface area contributed by atoms with Gasteiger partial charge in [0, 0.05) is 6.42 Å². The monoisotopic (exact) mass is 200 g/mol. The highest BCUT2D eigenvalue weighted by Gasteiger charge is 2.29. The number of methoxy groups -OCH3 is 1. The Balaban J connectivity index is 0.000000500. The predicted molar refractivity (Wildman–Crippen MR) is 54.9 cm³/mol. The molecule has 1 aliphatic rings. The minimum atomic E-state index is -0.464. The van der Waals surface area contributed by atoms with Crippen LogP contribution in [0.4, 0.5) is 0 Å². The van der Waals surface area contributed by atoms with Gasteiger partial charge in [0.05, 0.1) is 7.11 Å². The normalized spacial score (nSPS) is 20.8. The van der Waals surface area contributed by atoms with E-state index >= 15 is 0 Å². The molecule has 14 heavy (non-hydrogen) atoms. The molecule has 3 nitrogen and oxygen atoms in total. The van der Waals surface area contributed by atoms with Crippen LogP contribution in [0, 0.1) is 5.92 Å². The molecule has 1 fully saturated rings. The first-order valence-electron chi connectivity index (χ1n) is 5.27. The minimum Gasteiger partial charge on any atom is -0.468 e. The zero-order valence-corrected chi connectivity index (χ0v) is 9.34. The molecule has 0 aliphatic heterocycles. The summed E-state index contributed by atoms with van der Waals surface area (Å²) >= 11 is 0. The summed E-state index contributed by atoms with van der Waals surface area (Å²) in [6, 6.07) is 0. The second kappa shape index (κ2) is 7.54. The van der Waals surface area contributed by atoms with Crippen LogP contribution in [0.5, 0.6) is 0 Å². The quantitative estimate of drug-likeness (QED) is 0.482. The summed E-state index contributed by atoms with van der Waals surface area (Å²) in [5.41, 5.74) is 0. The number of rotatable bonds is 1. The fourth-order valence-electron chi connectivity index (χ4n) is 1.37. The Morgan fingerprint density at radius 3 is 2.43 bits per heavy atom. The highest BCUT2D eigenvalue weighted by molar-refractivity contribution is 5.99. The van der Waals surface area contributed by atoms with Gasteiger partial charge in [0.15, 0.2) is 0 Å². The van der Waals surface area contributed by atoms with Gasteiger partial charge in [-0.1, -0.05) is 26.7 Å². The van der Waals surface area contributed by atoms with Gasteiger partial charge in [-0.2, -0.15) is 0 Å². The maximum absolute atomic E-state index is 11.1. The van der Waals surface area contributed by atoms with E-state index in [0.29, 0.717) is 12.8 Å². The maximum Gasteiger partial charge on any atom is 0.316 e. The van der Waals surface area contributed by atoms with Crippen LogP contribution in [-0.4, -0.2) is 18.9 Å². The van der Waals surface area contributed by atoms with Gasteiger partial charge in [-0.05, 0) is 12.8 Å². The Morgan fingerprint density at radius 1 is 1.43 bits per heavy atom. The van der Waals surface area contributed by atoms with Crippen molar-refractivity contribution in [3.8, 4) is 0 Å². The van der Waals surface area contributed by atoms with Gasteiger partial charge >= 0.3 is 5.97 Å². The average Bonchev–Trinajstić information content (AvgIpc) is 2.19. The molecule has 1 saturated carbocycles. The third-order valence-corrected chi connectivity index (χ3v) is 2.04. The van der Waals surface area contributed by atoms with E-state index in [1.807, 2.05) is 0 Å². The molecule has 0 amide bonds. The molecule has 1 unspecified atom stereocenters. The third-order valence-electron chi connectivity index (χ3n) is 2.04. The smallest absolute Gasteiger partial charge is 0.316 e. The van der Waals surface area contributed by atoms with Crippen molar-refractivity contribution in [1.29, 1.82) is 0 Å². The largest absolute Gasteiger partial charge is 0.468 e. The molecule has 1 rings (SSSR count). The molecule has 0 radical (unpaired) electrons. The molecule has 3 heteroatoms. The van der Waals surface area contributed by atoms with E-state index in [-0.39, 0.29) is 11.8 Å². The second-order valence-corrected chi connectivity index (χ2v) is 3.49. The lowest BCUT2D eigenvalue weighted by Crippen LogP contribution is -2.27. The lowest BCUT2D eigenvalue weighted by atomic mass is 9.88. The van der Waals surface area contributed by atoms with Crippen molar-refractivity contribution in [2.45, 2.75) is 46.0 Å². The van der Waals surface area contributed by atoms with Crippen molar-refractivity contribution in [2.75, 3.05) is 7.11 Å². The fraction of sp³-hybridized carbons (Fsp3) is 0.818. The van der Waals surface area contributed by atoms with Gasteiger partial charge in [0.1, 0.15) is 11.7 Å². The van der Waals surface area contributed by atoms with E-state index in [1.54, 1.807) is 0 Å². The lowest BCUT2D eigenvalue weighted by molar-refractivity contribution is -0.150. The maximum atomic E-state index is 11.1. The van der Waals surface area contributed by atoms with Crippen LogP contribution in [0.25, 0.3) is 0 Å². The summed E-state index contributed by atoms with van der Waals surface area (Å²) in [6.07, 6.45) is 4.35. The SMILES string of the molecule is CCC.COC(=O)C1CCCCC1=O.